The number of nitrogens with zero attached hydrogens (tertiary/aromatic N) is 5. The Balaban J connectivity index is 1.32. The highest BCUT2D eigenvalue weighted by Crippen LogP contribution is 2.29. The monoisotopic (exact) mass is 611 g/mol. The molecule has 13 nitrogen and oxygen atoms in total. The molecule has 0 radical (unpaired) electrons. The predicted molar refractivity (Wildman–Crippen MR) is 154 cm³/mol. The number of rotatable bonds is 3. The van der Waals surface area contributed by atoms with Crippen molar-refractivity contribution in [3.05, 3.63) is 59.9 Å². The first-order valence-electron chi connectivity index (χ1n) is 14.9. The van der Waals surface area contributed by atoms with Crippen molar-refractivity contribution in [1.29, 1.82) is 0 Å². The van der Waals surface area contributed by atoms with E-state index in [0.717, 1.165) is 5.56 Å². The van der Waals surface area contributed by atoms with Gasteiger partial charge < -0.3 is 29.9 Å². The van der Waals surface area contributed by atoms with Crippen molar-refractivity contribution in [3.8, 4) is 0 Å². The van der Waals surface area contributed by atoms with Crippen LogP contribution >= 0.6 is 0 Å². The summed E-state index contributed by atoms with van der Waals surface area (Å²) in [4.78, 5) is 66.9. The number of fused-ring (bicyclic) bond motifs is 1. The lowest BCUT2D eigenvalue weighted by molar-refractivity contribution is -0.146. The molecule has 14 heteroatoms. The van der Waals surface area contributed by atoms with Crippen LogP contribution in [0.5, 0.6) is 0 Å². The van der Waals surface area contributed by atoms with E-state index < -0.39 is 17.4 Å². The zero-order valence-corrected chi connectivity index (χ0v) is 24.6. The SMILES string of the molecule is O=C1COCCOCCNC(=O)[C@@H]2CN(Cc3cncnc3)CCN2C(=O)CC2(CCN(C(=O)c3ccc(F)cc3)CC2)N1. The van der Waals surface area contributed by atoms with E-state index in [4.69, 9.17) is 9.47 Å². The highest BCUT2D eigenvalue weighted by Gasteiger charge is 2.43. The van der Waals surface area contributed by atoms with Gasteiger partial charge in [0.1, 0.15) is 24.8 Å². The second-order valence-corrected chi connectivity index (χ2v) is 11.3. The summed E-state index contributed by atoms with van der Waals surface area (Å²) in [6.07, 6.45) is 5.53. The number of piperidine rings is 1. The van der Waals surface area contributed by atoms with Gasteiger partial charge in [0.25, 0.3) is 5.91 Å². The number of hydrogen-bond donors (Lipinski definition) is 2. The van der Waals surface area contributed by atoms with Crippen molar-refractivity contribution in [3.63, 3.8) is 0 Å². The van der Waals surface area contributed by atoms with Gasteiger partial charge in [-0.05, 0) is 37.1 Å². The Hall–Kier alpha value is -4.01. The molecule has 2 aromatic rings. The molecule has 0 aliphatic carbocycles. The first kappa shape index (κ1) is 31.4. The Morgan fingerprint density at radius 1 is 0.977 bits per heavy atom. The Labute approximate surface area is 255 Å². The molecule has 1 aromatic carbocycles. The van der Waals surface area contributed by atoms with Gasteiger partial charge in [0.05, 0.1) is 31.8 Å². The Morgan fingerprint density at radius 3 is 2.45 bits per heavy atom. The molecule has 3 aliphatic rings. The number of likely N-dealkylation sites (tertiary alicyclic amines) is 1. The normalized spacial score (nSPS) is 22.7. The van der Waals surface area contributed by atoms with Crippen LogP contribution in [0.2, 0.25) is 0 Å². The molecular formula is C30H38FN7O6. The number of benzene rings is 1. The maximum atomic E-state index is 14.0. The molecule has 1 spiro atoms. The predicted octanol–water partition coefficient (Wildman–Crippen LogP) is -0.0272. The fourth-order valence-corrected chi connectivity index (χ4v) is 5.91. The number of ether oxygens (including phenoxy) is 2. The fourth-order valence-electron chi connectivity index (χ4n) is 5.91. The van der Waals surface area contributed by atoms with Crippen LogP contribution in [0, 0.1) is 5.82 Å². The quantitative estimate of drug-likeness (QED) is 0.489. The molecule has 3 saturated heterocycles. The van der Waals surface area contributed by atoms with Gasteiger partial charge in [0.2, 0.25) is 17.7 Å². The number of piperazine rings is 1. The Morgan fingerprint density at radius 2 is 1.70 bits per heavy atom. The summed E-state index contributed by atoms with van der Waals surface area (Å²) in [7, 11) is 0. The van der Waals surface area contributed by atoms with Crippen molar-refractivity contribution in [2.24, 2.45) is 0 Å². The number of hydrogen-bond acceptors (Lipinski definition) is 9. The summed E-state index contributed by atoms with van der Waals surface area (Å²) in [5.74, 6) is -1.58. The Kier molecular flexibility index (Phi) is 10.5. The van der Waals surface area contributed by atoms with Gasteiger partial charge in [-0.3, -0.25) is 24.1 Å². The van der Waals surface area contributed by atoms with E-state index in [-0.39, 0.29) is 76.1 Å². The van der Waals surface area contributed by atoms with Gasteiger partial charge in [-0.2, -0.15) is 0 Å². The molecule has 2 N–H and O–H groups in total. The number of carbonyl (C=O) groups is 4. The number of carbonyl (C=O) groups excluding carboxylic acids is 4. The van der Waals surface area contributed by atoms with Gasteiger partial charge in [0.15, 0.2) is 0 Å². The van der Waals surface area contributed by atoms with Crippen molar-refractivity contribution in [2.45, 2.75) is 37.4 Å². The minimum atomic E-state index is -0.940. The zero-order valence-electron chi connectivity index (χ0n) is 24.6. The van der Waals surface area contributed by atoms with Gasteiger partial charge in [-0.25, -0.2) is 14.4 Å². The van der Waals surface area contributed by atoms with Crippen LogP contribution < -0.4 is 10.6 Å². The highest BCUT2D eigenvalue weighted by molar-refractivity contribution is 5.94. The van der Waals surface area contributed by atoms with Crippen LogP contribution in [-0.2, 0) is 30.4 Å². The van der Waals surface area contributed by atoms with Gasteiger partial charge in [-0.1, -0.05) is 0 Å². The lowest BCUT2D eigenvalue weighted by Gasteiger charge is -2.45. The summed E-state index contributed by atoms with van der Waals surface area (Å²) in [5, 5.41) is 5.93. The van der Waals surface area contributed by atoms with E-state index >= 15 is 0 Å². The first-order chi connectivity index (χ1) is 21.3. The maximum absolute atomic E-state index is 14.0. The van der Waals surface area contributed by atoms with Crippen molar-refractivity contribution < 1.29 is 33.0 Å². The third kappa shape index (κ3) is 8.12. The average molecular weight is 612 g/mol. The summed E-state index contributed by atoms with van der Waals surface area (Å²) in [5.41, 5.74) is 0.328. The van der Waals surface area contributed by atoms with E-state index in [0.29, 0.717) is 44.6 Å². The molecular weight excluding hydrogens is 573 g/mol. The summed E-state index contributed by atoms with van der Waals surface area (Å²) < 4.78 is 24.4. The standard InChI is InChI=1S/C30H38FN7O6/c31-24-3-1-23(2-4-24)29(42)37-8-5-30(6-9-37)15-27(40)38-11-10-36(18-22-16-32-21-33-17-22)19-25(38)28(41)34-7-12-43-13-14-44-20-26(39)35-30/h1-4,16-17,21,25H,5-15,18-20H2,(H,34,41)(H,35,39)/t25-/m0/s1. The first-order valence-corrected chi connectivity index (χ1v) is 14.9. The van der Waals surface area contributed by atoms with E-state index in [1.54, 1.807) is 22.2 Å². The molecule has 0 saturated carbocycles. The van der Waals surface area contributed by atoms with Crippen molar-refractivity contribution in [2.75, 3.05) is 65.7 Å². The van der Waals surface area contributed by atoms with Crippen molar-refractivity contribution in [1.82, 2.24) is 35.3 Å². The fraction of sp³-hybridized carbons (Fsp3) is 0.533. The summed E-state index contributed by atoms with van der Waals surface area (Å²) in [6.45, 7) is 3.09. The molecule has 236 valence electrons. The van der Waals surface area contributed by atoms with Crippen LogP contribution in [0.15, 0.2) is 43.0 Å². The molecule has 4 amide bonds. The third-order valence-electron chi connectivity index (χ3n) is 8.25. The van der Waals surface area contributed by atoms with Gasteiger partial charge in [0, 0.05) is 69.3 Å². The molecule has 5 rings (SSSR count). The van der Waals surface area contributed by atoms with E-state index in [9.17, 15) is 23.6 Å². The van der Waals surface area contributed by atoms with E-state index in [1.807, 2.05) is 0 Å². The average Bonchev–Trinajstić information content (AvgIpc) is 3.02. The number of amides is 4. The molecule has 0 bridgehead atoms. The van der Waals surface area contributed by atoms with E-state index in [1.165, 1.54) is 30.6 Å². The molecule has 1 aromatic heterocycles. The molecule has 0 unspecified atom stereocenters. The number of halogens is 1. The lowest BCUT2D eigenvalue weighted by Crippen LogP contribution is -2.63. The minimum Gasteiger partial charge on any atom is -0.377 e. The largest absolute Gasteiger partial charge is 0.377 e. The van der Waals surface area contributed by atoms with Gasteiger partial charge in [-0.15, -0.1) is 0 Å². The summed E-state index contributed by atoms with van der Waals surface area (Å²) >= 11 is 0. The van der Waals surface area contributed by atoms with Crippen LogP contribution in [0.3, 0.4) is 0 Å². The number of aromatic nitrogens is 2. The topological polar surface area (TPSA) is 146 Å². The second-order valence-electron chi connectivity index (χ2n) is 11.3. The maximum Gasteiger partial charge on any atom is 0.253 e. The van der Waals surface area contributed by atoms with Crippen LogP contribution in [0.1, 0.15) is 35.2 Å². The van der Waals surface area contributed by atoms with Crippen molar-refractivity contribution >= 4 is 23.6 Å². The van der Waals surface area contributed by atoms with Crippen LogP contribution in [0.4, 0.5) is 4.39 Å². The Bertz CT molecular complexity index is 1310. The molecule has 3 aliphatic heterocycles. The lowest BCUT2D eigenvalue weighted by atomic mass is 9.83. The smallest absolute Gasteiger partial charge is 0.253 e. The second kappa shape index (κ2) is 14.6. The number of nitrogens with one attached hydrogen (secondary N) is 2. The van der Waals surface area contributed by atoms with Gasteiger partial charge >= 0.3 is 0 Å². The van der Waals surface area contributed by atoms with Crippen LogP contribution in [-0.4, -0.2) is 126 Å². The highest BCUT2D eigenvalue weighted by atomic mass is 19.1. The third-order valence-corrected chi connectivity index (χ3v) is 8.25. The van der Waals surface area contributed by atoms with E-state index in [2.05, 4.69) is 25.5 Å². The summed E-state index contributed by atoms with van der Waals surface area (Å²) in [6, 6.07) is 4.62. The molecule has 44 heavy (non-hydrogen) atoms. The zero-order chi connectivity index (χ0) is 30.9. The molecule has 3 fully saturated rings. The molecule has 1 atom stereocenters. The van der Waals surface area contributed by atoms with Crippen LogP contribution in [0.25, 0.3) is 0 Å². The minimum absolute atomic E-state index is 0.0310. The molecule has 4 heterocycles.